The van der Waals surface area contributed by atoms with E-state index in [1.807, 2.05) is 6.92 Å². The Labute approximate surface area is 118 Å². The van der Waals surface area contributed by atoms with Crippen LogP contribution in [-0.4, -0.2) is 43.0 Å². The summed E-state index contributed by atoms with van der Waals surface area (Å²) in [7, 11) is 0. The van der Waals surface area contributed by atoms with Crippen molar-refractivity contribution in [2.75, 3.05) is 32.2 Å². The molecule has 0 aliphatic heterocycles. The van der Waals surface area contributed by atoms with Crippen molar-refractivity contribution in [1.29, 1.82) is 0 Å². The van der Waals surface area contributed by atoms with Crippen molar-refractivity contribution < 1.29 is 13.9 Å². The Morgan fingerprint density at radius 2 is 2.00 bits per heavy atom. The minimum absolute atomic E-state index is 0.0172. The first-order valence-corrected chi connectivity index (χ1v) is 6.86. The standard InChI is InChI=1S/C14H19ClFNO2/c1-2-17(8-10-19-9-7-15)14(18)11-12-3-5-13(16)6-4-12/h3-6H,2,7-11H2,1H3. The number of alkyl halides is 1. The van der Waals surface area contributed by atoms with Crippen LogP contribution in [0.1, 0.15) is 12.5 Å². The van der Waals surface area contributed by atoms with Gasteiger partial charge in [0, 0.05) is 19.0 Å². The van der Waals surface area contributed by atoms with Crippen molar-refractivity contribution in [3.8, 4) is 0 Å². The average Bonchev–Trinajstić information content (AvgIpc) is 2.41. The highest BCUT2D eigenvalue weighted by molar-refractivity contribution is 6.17. The van der Waals surface area contributed by atoms with E-state index < -0.39 is 0 Å². The number of carbonyl (C=O) groups excluding carboxylic acids is 1. The quantitative estimate of drug-likeness (QED) is 0.543. The van der Waals surface area contributed by atoms with Gasteiger partial charge in [-0.2, -0.15) is 0 Å². The molecule has 3 nitrogen and oxygen atoms in total. The van der Waals surface area contributed by atoms with E-state index in [1.54, 1.807) is 17.0 Å². The molecular weight excluding hydrogens is 269 g/mol. The number of rotatable bonds is 8. The molecule has 0 bridgehead atoms. The fraction of sp³-hybridized carbons (Fsp3) is 0.500. The molecule has 0 radical (unpaired) electrons. The fourth-order valence-corrected chi connectivity index (χ4v) is 1.79. The van der Waals surface area contributed by atoms with Crippen molar-refractivity contribution in [2.24, 2.45) is 0 Å². The highest BCUT2D eigenvalue weighted by Crippen LogP contribution is 2.05. The number of likely N-dealkylation sites (N-methyl/N-ethyl adjacent to an activating group) is 1. The summed E-state index contributed by atoms with van der Waals surface area (Å²) in [6.45, 7) is 4.07. The molecule has 0 saturated carbocycles. The molecule has 1 aromatic rings. The maximum Gasteiger partial charge on any atom is 0.227 e. The monoisotopic (exact) mass is 287 g/mol. The van der Waals surface area contributed by atoms with Gasteiger partial charge in [-0.25, -0.2) is 4.39 Å². The average molecular weight is 288 g/mol. The molecule has 1 aromatic carbocycles. The lowest BCUT2D eigenvalue weighted by atomic mass is 10.1. The number of carbonyl (C=O) groups is 1. The van der Waals surface area contributed by atoms with E-state index in [9.17, 15) is 9.18 Å². The highest BCUT2D eigenvalue weighted by Gasteiger charge is 2.12. The van der Waals surface area contributed by atoms with Crippen LogP contribution >= 0.6 is 11.6 Å². The summed E-state index contributed by atoms with van der Waals surface area (Å²) in [5.74, 6) is 0.178. The summed E-state index contributed by atoms with van der Waals surface area (Å²) in [6.07, 6.45) is 0.281. The zero-order valence-electron chi connectivity index (χ0n) is 11.1. The van der Waals surface area contributed by atoms with Gasteiger partial charge in [0.2, 0.25) is 5.91 Å². The van der Waals surface area contributed by atoms with E-state index in [0.29, 0.717) is 32.2 Å². The maximum atomic E-state index is 12.8. The summed E-state index contributed by atoms with van der Waals surface area (Å²) in [5.41, 5.74) is 0.812. The topological polar surface area (TPSA) is 29.5 Å². The summed E-state index contributed by atoms with van der Waals surface area (Å²) >= 11 is 5.50. The highest BCUT2D eigenvalue weighted by atomic mass is 35.5. The summed E-state index contributed by atoms with van der Waals surface area (Å²) in [5, 5.41) is 0. The van der Waals surface area contributed by atoms with E-state index in [2.05, 4.69) is 0 Å². The molecular formula is C14H19ClFNO2. The lowest BCUT2D eigenvalue weighted by Crippen LogP contribution is -2.35. The third-order valence-corrected chi connectivity index (χ3v) is 2.88. The van der Waals surface area contributed by atoms with Crippen LogP contribution in [-0.2, 0) is 16.0 Å². The largest absolute Gasteiger partial charge is 0.378 e. The van der Waals surface area contributed by atoms with Crippen LogP contribution in [0.5, 0.6) is 0 Å². The van der Waals surface area contributed by atoms with Crippen LogP contribution in [0, 0.1) is 5.82 Å². The summed E-state index contributed by atoms with van der Waals surface area (Å²) in [4.78, 5) is 13.8. The number of nitrogens with zero attached hydrogens (tertiary/aromatic N) is 1. The lowest BCUT2D eigenvalue weighted by Gasteiger charge is -2.20. The van der Waals surface area contributed by atoms with Crippen LogP contribution < -0.4 is 0 Å². The second-order valence-corrected chi connectivity index (χ2v) is 4.46. The molecule has 19 heavy (non-hydrogen) atoms. The van der Waals surface area contributed by atoms with Gasteiger partial charge in [-0.3, -0.25) is 4.79 Å². The van der Waals surface area contributed by atoms with Gasteiger partial charge in [-0.05, 0) is 24.6 Å². The minimum Gasteiger partial charge on any atom is -0.378 e. The molecule has 0 aliphatic carbocycles. The number of ether oxygens (including phenoxy) is 1. The number of amides is 1. The predicted octanol–water partition coefficient (Wildman–Crippen LogP) is 2.47. The van der Waals surface area contributed by atoms with Crippen LogP contribution in [0.2, 0.25) is 0 Å². The van der Waals surface area contributed by atoms with Gasteiger partial charge in [0.15, 0.2) is 0 Å². The van der Waals surface area contributed by atoms with Crippen LogP contribution in [0.3, 0.4) is 0 Å². The Morgan fingerprint density at radius 3 is 2.58 bits per heavy atom. The first kappa shape index (κ1) is 15.9. The van der Waals surface area contributed by atoms with E-state index in [-0.39, 0.29) is 18.1 Å². The van der Waals surface area contributed by atoms with E-state index >= 15 is 0 Å². The molecule has 0 aromatic heterocycles. The van der Waals surface area contributed by atoms with Crippen molar-refractivity contribution in [1.82, 2.24) is 4.90 Å². The Bertz CT molecular complexity index is 384. The summed E-state index contributed by atoms with van der Waals surface area (Å²) in [6, 6.07) is 5.99. The summed E-state index contributed by atoms with van der Waals surface area (Å²) < 4.78 is 18.0. The van der Waals surface area contributed by atoms with Gasteiger partial charge >= 0.3 is 0 Å². The Hall–Kier alpha value is -1.13. The molecule has 0 aliphatic rings. The number of hydrogen-bond donors (Lipinski definition) is 0. The molecule has 1 amide bonds. The molecule has 0 unspecified atom stereocenters. The van der Waals surface area contributed by atoms with Crippen molar-refractivity contribution in [3.63, 3.8) is 0 Å². The number of halogens is 2. The lowest BCUT2D eigenvalue weighted by molar-refractivity contribution is -0.131. The SMILES string of the molecule is CCN(CCOCCCl)C(=O)Cc1ccc(F)cc1. The number of benzene rings is 1. The van der Waals surface area contributed by atoms with Crippen molar-refractivity contribution >= 4 is 17.5 Å². The third kappa shape index (κ3) is 6.03. The van der Waals surface area contributed by atoms with Gasteiger partial charge in [0.25, 0.3) is 0 Å². The van der Waals surface area contributed by atoms with Crippen LogP contribution in [0.15, 0.2) is 24.3 Å². The molecule has 0 heterocycles. The van der Waals surface area contributed by atoms with E-state index in [0.717, 1.165) is 5.56 Å². The molecule has 0 N–H and O–H groups in total. The van der Waals surface area contributed by atoms with Gasteiger partial charge < -0.3 is 9.64 Å². The first-order valence-electron chi connectivity index (χ1n) is 6.33. The van der Waals surface area contributed by atoms with Gasteiger partial charge in [0.1, 0.15) is 5.82 Å². The minimum atomic E-state index is -0.293. The van der Waals surface area contributed by atoms with Gasteiger partial charge in [0.05, 0.1) is 19.6 Å². The predicted molar refractivity (Wildman–Crippen MR) is 73.9 cm³/mol. The molecule has 1 rings (SSSR count). The molecule has 0 fully saturated rings. The second kappa shape index (κ2) is 8.88. The molecule has 0 saturated heterocycles. The maximum absolute atomic E-state index is 12.8. The first-order chi connectivity index (χ1) is 9.17. The zero-order valence-corrected chi connectivity index (χ0v) is 11.8. The smallest absolute Gasteiger partial charge is 0.227 e. The fourth-order valence-electron chi connectivity index (χ4n) is 1.68. The van der Waals surface area contributed by atoms with Crippen molar-refractivity contribution in [2.45, 2.75) is 13.3 Å². The third-order valence-electron chi connectivity index (χ3n) is 2.73. The van der Waals surface area contributed by atoms with Crippen LogP contribution in [0.25, 0.3) is 0 Å². The van der Waals surface area contributed by atoms with Gasteiger partial charge in [-0.15, -0.1) is 11.6 Å². The molecule has 0 atom stereocenters. The van der Waals surface area contributed by atoms with Gasteiger partial charge in [-0.1, -0.05) is 12.1 Å². The second-order valence-electron chi connectivity index (χ2n) is 4.08. The molecule has 5 heteroatoms. The Balaban J connectivity index is 2.42. The zero-order chi connectivity index (χ0) is 14.1. The molecule has 0 spiro atoms. The Morgan fingerprint density at radius 1 is 1.32 bits per heavy atom. The molecule has 106 valence electrons. The Kier molecular flexibility index (Phi) is 7.45. The number of hydrogen-bond acceptors (Lipinski definition) is 2. The van der Waals surface area contributed by atoms with Crippen LogP contribution in [0.4, 0.5) is 4.39 Å². The van der Waals surface area contributed by atoms with E-state index in [4.69, 9.17) is 16.3 Å². The van der Waals surface area contributed by atoms with Crippen molar-refractivity contribution in [3.05, 3.63) is 35.6 Å². The normalized spacial score (nSPS) is 10.5. The van der Waals surface area contributed by atoms with E-state index in [1.165, 1.54) is 12.1 Å².